The third-order valence-electron chi connectivity index (χ3n) is 4.15. The minimum Gasteiger partial charge on any atom is -0.340 e. The fraction of sp³-hybridized carbons (Fsp3) is 0.533. The SMILES string of the molecule is CN1CCN(C(=O)[C@@H]2CC2c2ccccc2)CC1.Cl. The summed E-state index contributed by atoms with van der Waals surface area (Å²) in [6, 6.07) is 10.4. The molecule has 0 aromatic heterocycles. The molecule has 1 aromatic carbocycles. The van der Waals surface area contributed by atoms with Crippen molar-refractivity contribution in [1.82, 2.24) is 9.80 Å². The molecule has 0 radical (unpaired) electrons. The predicted molar refractivity (Wildman–Crippen MR) is 78.6 cm³/mol. The number of rotatable bonds is 2. The average molecular weight is 281 g/mol. The highest BCUT2D eigenvalue weighted by molar-refractivity contribution is 5.85. The number of nitrogens with zero attached hydrogens (tertiary/aromatic N) is 2. The zero-order valence-electron chi connectivity index (χ0n) is 11.3. The summed E-state index contributed by atoms with van der Waals surface area (Å²) in [5.74, 6) is 1.09. The molecule has 1 aliphatic carbocycles. The number of amides is 1. The van der Waals surface area contributed by atoms with Crippen molar-refractivity contribution in [3.8, 4) is 0 Å². The number of halogens is 1. The Morgan fingerprint density at radius 2 is 1.74 bits per heavy atom. The Morgan fingerprint density at radius 3 is 2.37 bits per heavy atom. The number of carbonyl (C=O) groups excluding carboxylic acids is 1. The Balaban J connectivity index is 0.00000133. The molecule has 2 fully saturated rings. The van der Waals surface area contributed by atoms with Gasteiger partial charge >= 0.3 is 0 Å². The second-order valence-electron chi connectivity index (χ2n) is 5.49. The van der Waals surface area contributed by atoms with Gasteiger partial charge in [-0.25, -0.2) is 0 Å². The Bertz CT molecular complexity index is 429. The molecular weight excluding hydrogens is 260 g/mol. The van der Waals surface area contributed by atoms with E-state index in [-0.39, 0.29) is 18.3 Å². The van der Waals surface area contributed by atoms with Crippen LogP contribution in [-0.4, -0.2) is 48.9 Å². The topological polar surface area (TPSA) is 23.6 Å². The van der Waals surface area contributed by atoms with Gasteiger partial charge < -0.3 is 9.80 Å². The lowest BCUT2D eigenvalue weighted by Crippen LogP contribution is -2.47. The van der Waals surface area contributed by atoms with Crippen LogP contribution < -0.4 is 0 Å². The van der Waals surface area contributed by atoms with Gasteiger partial charge in [0.05, 0.1) is 0 Å². The van der Waals surface area contributed by atoms with Crippen LogP contribution in [0.5, 0.6) is 0 Å². The number of likely N-dealkylation sites (N-methyl/N-ethyl adjacent to an activating group) is 1. The minimum atomic E-state index is 0. The summed E-state index contributed by atoms with van der Waals surface area (Å²) < 4.78 is 0. The van der Waals surface area contributed by atoms with Gasteiger partial charge in [-0.15, -0.1) is 12.4 Å². The first kappa shape index (κ1) is 14.4. The highest BCUT2D eigenvalue weighted by Crippen LogP contribution is 2.48. The lowest BCUT2D eigenvalue weighted by Gasteiger charge is -2.32. The average Bonchev–Trinajstić information content (AvgIpc) is 3.20. The summed E-state index contributed by atoms with van der Waals surface area (Å²) in [6.07, 6.45) is 1.04. The Hall–Kier alpha value is -1.06. The predicted octanol–water partition coefficient (Wildman–Crippen LogP) is 1.99. The summed E-state index contributed by atoms with van der Waals surface area (Å²) in [6.45, 7) is 3.81. The molecule has 1 heterocycles. The first-order valence-electron chi connectivity index (χ1n) is 6.78. The van der Waals surface area contributed by atoms with Gasteiger partial charge in [0.15, 0.2) is 0 Å². The van der Waals surface area contributed by atoms with Crippen molar-refractivity contribution in [1.29, 1.82) is 0 Å². The molecular formula is C15H21ClN2O. The summed E-state index contributed by atoms with van der Waals surface area (Å²) in [7, 11) is 2.12. The zero-order chi connectivity index (χ0) is 12.5. The molecule has 3 nitrogen and oxygen atoms in total. The van der Waals surface area contributed by atoms with Gasteiger partial charge in [-0.3, -0.25) is 4.79 Å². The van der Waals surface area contributed by atoms with Gasteiger partial charge in [0.25, 0.3) is 0 Å². The number of hydrogen-bond acceptors (Lipinski definition) is 2. The first-order chi connectivity index (χ1) is 8.75. The maximum atomic E-state index is 12.4. The van der Waals surface area contributed by atoms with Gasteiger partial charge in [-0.05, 0) is 24.9 Å². The van der Waals surface area contributed by atoms with Crippen molar-refractivity contribution >= 4 is 18.3 Å². The second kappa shape index (κ2) is 5.93. The Labute approximate surface area is 121 Å². The van der Waals surface area contributed by atoms with E-state index < -0.39 is 0 Å². The van der Waals surface area contributed by atoms with E-state index in [9.17, 15) is 4.79 Å². The quantitative estimate of drug-likeness (QED) is 0.827. The van der Waals surface area contributed by atoms with Gasteiger partial charge in [-0.1, -0.05) is 30.3 Å². The summed E-state index contributed by atoms with van der Waals surface area (Å²) >= 11 is 0. The van der Waals surface area contributed by atoms with Gasteiger partial charge in [-0.2, -0.15) is 0 Å². The van der Waals surface area contributed by atoms with E-state index in [1.165, 1.54) is 5.56 Å². The molecule has 2 atom stereocenters. The molecule has 1 aliphatic heterocycles. The van der Waals surface area contributed by atoms with Crippen LogP contribution in [0.2, 0.25) is 0 Å². The monoisotopic (exact) mass is 280 g/mol. The standard InChI is InChI=1S/C15H20N2O.ClH/c1-16-7-9-17(10-8-16)15(18)14-11-13(14)12-5-3-2-4-6-12;/h2-6,13-14H,7-11H2,1H3;1H/t13?,14-;/m1./s1. The normalized spacial score (nSPS) is 26.7. The molecule has 4 heteroatoms. The van der Waals surface area contributed by atoms with Gasteiger partial charge in [0, 0.05) is 32.1 Å². The van der Waals surface area contributed by atoms with Crippen molar-refractivity contribution in [2.75, 3.05) is 33.2 Å². The van der Waals surface area contributed by atoms with Crippen LogP contribution in [0.15, 0.2) is 30.3 Å². The molecule has 0 bridgehead atoms. The van der Waals surface area contributed by atoms with Crippen LogP contribution in [0, 0.1) is 5.92 Å². The molecule has 1 unspecified atom stereocenters. The first-order valence-corrected chi connectivity index (χ1v) is 6.78. The molecule has 1 saturated heterocycles. The summed E-state index contributed by atoms with van der Waals surface area (Å²) in [5.41, 5.74) is 1.32. The van der Waals surface area contributed by atoms with Crippen molar-refractivity contribution in [3.05, 3.63) is 35.9 Å². The van der Waals surface area contributed by atoms with Gasteiger partial charge in [0.1, 0.15) is 0 Å². The molecule has 1 saturated carbocycles. The molecule has 104 valence electrons. The van der Waals surface area contributed by atoms with E-state index in [1.807, 2.05) is 11.0 Å². The molecule has 19 heavy (non-hydrogen) atoms. The highest BCUT2D eigenvalue weighted by atomic mass is 35.5. The Morgan fingerprint density at radius 1 is 1.11 bits per heavy atom. The minimum absolute atomic E-state index is 0. The van der Waals surface area contributed by atoms with E-state index in [1.54, 1.807) is 0 Å². The molecule has 1 amide bonds. The fourth-order valence-electron chi connectivity index (χ4n) is 2.80. The number of benzene rings is 1. The molecule has 1 aromatic rings. The molecule has 2 aliphatic rings. The smallest absolute Gasteiger partial charge is 0.226 e. The second-order valence-corrected chi connectivity index (χ2v) is 5.49. The summed E-state index contributed by atoms with van der Waals surface area (Å²) in [4.78, 5) is 16.7. The third kappa shape index (κ3) is 3.10. The lowest BCUT2D eigenvalue weighted by atomic mass is 10.1. The zero-order valence-corrected chi connectivity index (χ0v) is 12.1. The van der Waals surface area contributed by atoms with Crippen LogP contribution >= 0.6 is 12.4 Å². The number of carbonyl (C=O) groups is 1. The lowest BCUT2D eigenvalue weighted by molar-refractivity contribution is -0.134. The molecule has 0 spiro atoms. The fourth-order valence-corrected chi connectivity index (χ4v) is 2.80. The molecule has 3 rings (SSSR count). The van der Waals surface area contributed by atoms with E-state index in [4.69, 9.17) is 0 Å². The van der Waals surface area contributed by atoms with Crippen molar-refractivity contribution in [2.24, 2.45) is 5.92 Å². The van der Waals surface area contributed by atoms with Crippen molar-refractivity contribution in [3.63, 3.8) is 0 Å². The highest BCUT2D eigenvalue weighted by Gasteiger charge is 2.45. The van der Waals surface area contributed by atoms with E-state index >= 15 is 0 Å². The maximum absolute atomic E-state index is 12.4. The maximum Gasteiger partial charge on any atom is 0.226 e. The van der Waals surface area contributed by atoms with Crippen LogP contribution in [0.3, 0.4) is 0 Å². The van der Waals surface area contributed by atoms with Crippen LogP contribution in [0.25, 0.3) is 0 Å². The van der Waals surface area contributed by atoms with Crippen molar-refractivity contribution in [2.45, 2.75) is 12.3 Å². The van der Waals surface area contributed by atoms with Crippen LogP contribution in [-0.2, 0) is 4.79 Å². The van der Waals surface area contributed by atoms with E-state index in [0.717, 1.165) is 32.6 Å². The largest absolute Gasteiger partial charge is 0.340 e. The van der Waals surface area contributed by atoms with Gasteiger partial charge in [0.2, 0.25) is 5.91 Å². The van der Waals surface area contributed by atoms with Crippen LogP contribution in [0.1, 0.15) is 17.9 Å². The molecule has 0 N–H and O–H groups in total. The number of piperazine rings is 1. The third-order valence-corrected chi connectivity index (χ3v) is 4.15. The van der Waals surface area contributed by atoms with Crippen molar-refractivity contribution < 1.29 is 4.79 Å². The van der Waals surface area contributed by atoms with E-state index in [2.05, 4.69) is 36.2 Å². The summed E-state index contributed by atoms with van der Waals surface area (Å²) in [5, 5.41) is 0. The van der Waals surface area contributed by atoms with E-state index in [0.29, 0.717) is 11.8 Å². The Kier molecular flexibility index (Phi) is 4.48. The number of hydrogen-bond donors (Lipinski definition) is 0. The van der Waals surface area contributed by atoms with Crippen LogP contribution in [0.4, 0.5) is 0 Å².